The van der Waals surface area contributed by atoms with Crippen LogP contribution in [0.4, 0.5) is 0 Å². The molecular formula is C19H27N3O2. The molecule has 4 N–H and O–H groups in total. The lowest BCUT2D eigenvalue weighted by atomic mass is 9.74. The number of primary amides is 1. The predicted octanol–water partition coefficient (Wildman–Crippen LogP) is 1.89. The van der Waals surface area contributed by atoms with E-state index in [0.29, 0.717) is 5.92 Å². The van der Waals surface area contributed by atoms with Gasteiger partial charge in [0.2, 0.25) is 0 Å². The largest absolute Gasteiger partial charge is 0.365 e. The minimum absolute atomic E-state index is 0.0606. The Hall–Kier alpha value is -1.46. The van der Waals surface area contributed by atoms with Crippen LogP contribution >= 0.6 is 0 Å². The molecule has 0 bridgehead atoms. The smallest absolute Gasteiger partial charge is 0.252 e. The van der Waals surface area contributed by atoms with Gasteiger partial charge in [-0.05, 0) is 44.1 Å². The van der Waals surface area contributed by atoms with E-state index in [1.54, 1.807) is 6.08 Å². The van der Waals surface area contributed by atoms with Crippen molar-refractivity contribution in [2.45, 2.75) is 69.4 Å². The average Bonchev–Trinajstić information content (AvgIpc) is 3.34. The van der Waals surface area contributed by atoms with Crippen LogP contribution in [0.2, 0.25) is 0 Å². The molecule has 4 rings (SSSR count). The standard InChI is InChI=1S/C19H27N3O2/c20-18(24)14-8-7-13(12-5-6-12)16(17(14)23)15-11-19(22-21-15)9-3-1-2-4-10-19/h7-8,12,15-16,21-22H,1-6,9-11H2,(H2,20,24). The summed E-state index contributed by atoms with van der Waals surface area (Å²) in [5, 5.41) is 0. The minimum atomic E-state index is -0.605. The highest BCUT2D eigenvalue weighted by Crippen LogP contribution is 2.46. The highest BCUT2D eigenvalue weighted by Gasteiger charge is 2.48. The Morgan fingerprint density at radius 3 is 2.46 bits per heavy atom. The number of hydrogen-bond acceptors (Lipinski definition) is 4. The van der Waals surface area contributed by atoms with Crippen LogP contribution in [0.25, 0.3) is 0 Å². The molecule has 0 radical (unpaired) electrons. The maximum absolute atomic E-state index is 13.0. The van der Waals surface area contributed by atoms with E-state index in [1.165, 1.54) is 44.1 Å². The Balaban J connectivity index is 1.58. The molecule has 5 heteroatoms. The quantitative estimate of drug-likeness (QED) is 0.691. The van der Waals surface area contributed by atoms with Crippen LogP contribution in [0.5, 0.6) is 0 Å². The Bertz CT molecular complexity index is 610. The fraction of sp³-hybridized carbons (Fsp3) is 0.684. The summed E-state index contributed by atoms with van der Waals surface area (Å²) in [4.78, 5) is 24.6. The molecule has 1 amide bonds. The molecule has 0 aromatic heterocycles. The van der Waals surface area contributed by atoms with Gasteiger partial charge in [-0.25, -0.2) is 0 Å². The number of hydrogen-bond donors (Lipinski definition) is 3. The third-order valence-electron chi connectivity index (χ3n) is 6.26. The Morgan fingerprint density at radius 1 is 1.12 bits per heavy atom. The van der Waals surface area contributed by atoms with Gasteiger partial charge in [-0.2, -0.15) is 0 Å². The number of carbonyl (C=O) groups excluding carboxylic acids is 2. The van der Waals surface area contributed by atoms with E-state index in [0.717, 1.165) is 19.3 Å². The van der Waals surface area contributed by atoms with Gasteiger partial charge < -0.3 is 5.73 Å². The van der Waals surface area contributed by atoms with E-state index < -0.39 is 5.91 Å². The number of rotatable bonds is 3. The summed E-state index contributed by atoms with van der Waals surface area (Å²) >= 11 is 0. The lowest BCUT2D eigenvalue weighted by molar-refractivity contribution is -0.123. The van der Waals surface area contributed by atoms with Crippen molar-refractivity contribution in [2.24, 2.45) is 17.6 Å². The minimum Gasteiger partial charge on any atom is -0.365 e. The van der Waals surface area contributed by atoms with Crippen molar-refractivity contribution in [3.8, 4) is 0 Å². The molecule has 2 unspecified atom stereocenters. The molecular weight excluding hydrogens is 302 g/mol. The number of hydrazine groups is 1. The van der Waals surface area contributed by atoms with E-state index in [1.807, 2.05) is 6.08 Å². The van der Waals surface area contributed by atoms with E-state index in [2.05, 4.69) is 10.9 Å². The van der Waals surface area contributed by atoms with Crippen molar-refractivity contribution in [1.82, 2.24) is 10.9 Å². The van der Waals surface area contributed by atoms with Crippen molar-refractivity contribution in [1.29, 1.82) is 0 Å². The van der Waals surface area contributed by atoms with E-state index >= 15 is 0 Å². The summed E-state index contributed by atoms with van der Waals surface area (Å²) in [5.41, 5.74) is 13.9. The first-order chi connectivity index (χ1) is 11.6. The molecule has 2 atom stereocenters. The molecule has 0 aromatic carbocycles. The first-order valence-electron chi connectivity index (χ1n) is 9.38. The van der Waals surface area contributed by atoms with Crippen molar-refractivity contribution in [2.75, 3.05) is 0 Å². The average molecular weight is 329 g/mol. The van der Waals surface area contributed by atoms with Crippen molar-refractivity contribution in [3.63, 3.8) is 0 Å². The highest BCUT2D eigenvalue weighted by molar-refractivity contribution is 6.21. The number of amides is 1. The second-order valence-electron chi connectivity index (χ2n) is 8.00. The second kappa shape index (κ2) is 6.12. The van der Waals surface area contributed by atoms with Crippen LogP contribution in [-0.2, 0) is 9.59 Å². The van der Waals surface area contributed by atoms with Gasteiger partial charge in [0, 0.05) is 11.6 Å². The van der Waals surface area contributed by atoms with Gasteiger partial charge in [0.15, 0.2) is 5.78 Å². The van der Waals surface area contributed by atoms with Gasteiger partial charge in [0.05, 0.1) is 11.5 Å². The molecule has 5 nitrogen and oxygen atoms in total. The van der Waals surface area contributed by atoms with E-state index in [9.17, 15) is 9.59 Å². The maximum atomic E-state index is 13.0. The SMILES string of the molecule is NC(=O)C1=CC=C(C2CC2)C(C2CC3(CCCCCC3)NN2)C1=O. The second-order valence-corrected chi connectivity index (χ2v) is 8.00. The molecule has 0 aromatic rings. The summed E-state index contributed by atoms with van der Waals surface area (Å²) in [7, 11) is 0. The van der Waals surface area contributed by atoms with Crippen LogP contribution < -0.4 is 16.6 Å². The molecule has 130 valence electrons. The fourth-order valence-corrected chi connectivity index (χ4v) is 4.81. The number of Topliss-reactive ketones (excluding diaryl/α,β-unsaturated/α-hetero) is 1. The lowest BCUT2D eigenvalue weighted by Crippen LogP contribution is -2.45. The highest BCUT2D eigenvalue weighted by atomic mass is 16.2. The lowest BCUT2D eigenvalue weighted by Gasteiger charge is -2.30. The fourth-order valence-electron chi connectivity index (χ4n) is 4.81. The molecule has 1 spiro atoms. The molecule has 2 saturated carbocycles. The van der Waals surface area contributed by atoms with Crippen molar-refractivity contribution >= 4 is 11.7 Å². The monoisotopic (exact) mass is 329 g/mol. The normalized spacial score (nSPS) is 33.1. The zero-order valence-corrected chi connectivity index (χ0v) is 14.1. The van der Waals surface area contributed by atoms with Gasteiger partial charge in [-0.1, -0.05) is 37.3 Å². The van der Waals surface area contributed by atoms with Crippen molar-refractivity contribution in [3.05, 3.63) is 23.3 Å². The summed E-state index contributed by atoms with van der Waals surface area (Å²) in [6.07, 6.45) is 14.3. The summed E-state index contributed by atoms with van der Waals surface area (Å²) in [6.45, 7) is 0. The molecule has 4 aliphatic rings. The van der Waals surface area contributed by atoms with Crippen LogP contribution in [0.3, 0.4) is 0 Å². The first-order valence-corrected chi connectivity index (χ1v) is 9.38. The van der Waals surface area contributed by atoms with E-state index in [4.69, 9.17) is 5.73 Å². The molecule has 24 heavy (non-hydrogen) atoms. The number of nitrogens with one attached hydrogen (secondary N) is 2. The molecule has 1 saturated heterocycles. The van der Waals surface area contributed by atoms with Crippen LogP contribution in [0.15, 0.2) is 23.3 Å². The van der Waals surface area contributed by atoms with Gasteiger partial charge in [0.1, 0.15) is 0 Å². The number of carbonyl (C=O) groups is 2. The maximum Gasteiger partial charge on any atom is 0.252 e. The van der Waals surface area contributed by atoms with Crippen LogP contribution in [-0.4, -0.2) is 23.3 Å². The summed E-state index contributed by atoms with van der Waals surface area (Å²) < 4.78 is 0. The van der Waals surface area contributed by atoms with E-state index in [-0.39, 0.29) is 28.9 Å². The van der Waals surface area contributed by atoms with Gasteiger partial charge >= 0.3 is 0 Å². The number of nitrogens with two attached hydrogens (primary N) is 1. The molecule has 1 aliphatic heterocycles. The number of allylic oxidation sites excluding steroid dienone is 2. The summed E-state index contributed by atoms with van der Waals surface area (Å²) in [5.74, 6) is -0.416. The van der Waals surface area contributed by atoms with Gasteiger partial charge in [-0.3, -0.25) is 20.4 Å². The first kappa shape index (κ1) is 16.0. The zero-order chi connectivity index (χ0) is 16.7. The molecule has 1 heterocycles. The topological polar surface area (TPSA) is 84.2 Å². The Morgan fingerprint density at radius 2 is 1.83 bits per heavy atom. The zero-order valence-electron chi connectivity index (χ0n) is 14.1. The molecule has 3 aliphatic carbocycles. The number of ketones is 1. The van der Waals surface area contributed by atoms with Gasteiger partial charge in [-0.15, -0.1) is 0 Å². The summed E-state index contributed by atoms with van der Waals surface area (Å²) in [6, 6.07) is 0.0606. The predicted molar refractivity (Wildman–Crippen MR) is 91.7 cm³/mol. The third kappa shape index (κ3) is 2.84. The molecule has 3 fully saturated rings. The Kier molecular flexibility index (Phi) is 4.09. The Labute approximate surface area is 143 Å². The third-order valence-corrected chi connectivity index (χ3v) is 6.26. The van der Waals surface area contributed by atoms with Crippen LogP contribution in [0.1, 0.15) is 57.8 Å². The van der Waals surface area contributed by atoms with Gasteiger partial charge in [0.25, 0.3) is 5.91 Å². The van der Waals surface area contributed by atoms with Crippen LogP contribution in [0, 0.1) is 11.8 Å². The van der Waals surface area contributed by atoms with Crippen molar-refractivity contribution < 1.29 is 9.59 Å².